The quantitative estimate of drug-likeness (QED) is 0.747. The molecule has 0 aromatic heterocycles. The molecule has 2 aliphatic rings. The van der Waals surface area contributed by atoms with E-state index in [9.17, 15) is 9.59 Å². The second-order valence-electron chi connectivity index (χ2n) is 6.19. The minimum atomic E-state index is -1.33. The third-order valence-corrected chi connectivity index (χ3v) is 4.88. The Hall–Kier alpha value is -1.78. The topological polar surface area (TPSA) is 61.8 Å². The molecular formula is C17H24O5. The molecule has 1 spiro atoms. The van der Waals surface area contributed by atoms with Crippen LogP contribution in [0, 0.1) is 17.3 Å². The van der Waals surface area contributed by atoms with Crippen molar-refractivity contribution in [2.45, 2.75) is 33.6 Å². The first kappa shape index (κ1) is 16.6. The van der Waals surface area contributed by atoms with Gasteiger partial charge in [-0.05, 0) is 30.3 Å². The van der Waals surface area contributed by atoms with Gasteiger partial charge in [0.25, 0.3) is 0 Å². The Kier molecular flexibility index (Phi) is 4.36. The number of ether oxygens (including phenoxy) is 3. The van der Waals surface area contributed by atoms with Gasteiger partial charge < -0.3 is 14.2 Å². The lowest BCUT2D eigenvalue weighted by molar-refractivity contribution is -0.140. The molecule has 122 valence electrons. The van der Waals surface area contributed by atoms with E-state index in [-0.39, 0.29) is 34.9 Å². The number of ketones is 2. The van der Waals surface area contributed by atoms with Crippen molar-refractivity contribution in [2.75, 3.05) is 21.3 Å². The van der Waals surface area contributed by atoms with Gasteiger partial charge in [0.1, 0.15) is 5.76 Å². The van der Waals surface area contributed by atoms with E-state index < -0.39 is 5.41 Å². The summed E-state index contributed by atoms with van der Waals surface area (Å²) in [6.07, 6.45) is 1.58. The fourth-order valence-electron chi connectivity index (χ4n) is 3.71. The minimum absolute atomic E-state index is 0.00101. The molecule has 0 N–H and O–H groups in total. The van der Waals surface area contributed by atoms with E-state index in [1.54, 1.807) is 0 Å². The number of allylic oxidation sites excluding steroid dienone is 4. The molecule has 0 aromatic rings. The van der Waals surface area contributed by atoms with E-state index in [0.717, 1.165) is 18.4 Å². The van der Waals surface area contributed by atoms with Crippen LogP contribution in [0.15, 0.2) is 22.9 Å². The maximum atomic E-state index is 13.0. The monoisotopic (exact) mass is 308 g/mol. The Morgan fingerprint density at radius 1 is 1.00 bits per heavy atom. The van der Waals surface area contributed by atoms with Crippen LogP contribution in [0.25, 0.3) is 0 Å². The van der Waals surface area contributed by atoms with Crippen molar-refractivity contribution in [1.29, 1.82) is 0 Å². The summed E-state index contributed by atoms with van der Waals surface area (Å²) in [4.78, 5) is 26.1. The van der Waals surface area contributed by atoms with E-state index >= 15 is 0 Å². The molecule has 0 heterocycles. The van der Waals surface area contributed by atoms with Gasteiger partial charge in [-0.1, -0.05) is 20.8 Å². The van der Waals surface area contributed by atoms with Crippen LogP contribution in [-0.4, -0.2) is 32.9 Å². The van der Waals surface area contributed by atoms with Gasteiger partial charge in [0.2, 0.25) is 23.1 Å². The number of Topliss-reactive ketones (excluding diaryl/α,β-unsaturated/α-hetero) is 2. The number of hydrogen-bond acceptors (Lipinski definition) is 5. The third-order valence-electron chi connectivity index (χ3n) is 4.88. The first-order valence-corrected chi connectivity index (χ1v) is 7.57. The van der Waals surface area contributed by atoms with Crippen LogP contribution in [0.3, 0.4) is 0 Å². The van der Waals surface area contributed by atoms with Crippen LogP contribution in [0.4, 0.5) is 0 Å². The molecule has 0 fully saturated rings. The van der Waals surface area contributed by atoms with E-state index in [4.69, 9.17) is 14.2 Å². The Morgan fingerprint density at radius 2 is 1.50 bits per heavy atom. The van der Waals surface area contributed by atoms with Crippen molar-refractivity contribution in [3.05, 3.63) is 22.9 Å². The number of hydrogen-bond donors (Lipinski definition) is 0. The van der Waals surface area contributed by atoms with Gasteiger partial charge in [-0.15, -0.1) is 0 Å². The van der Waals surface area contributed by atoms with Crippen molar-refractivity contribution in [3.63, 3.8) is 0 Å². The van der Waals surface area contributed by atoms with Gasteiger partial charge in [0.15, 0.2) is 5.41 Å². The lowest BCUT2D eigenvalue weighted by atomic mass is 9.63. The molecule has 2 rings (SSSR count). The van der Waals surface area contributed by atoms with Gasteiger partial charge in [0.05, 0.1) is 21.3 Å². The molecule has 0 saturated carbocycles. The molecule has 5 heteroatoms. The first-order valence-electron chi connectivity index (χ1n) is 7.57. The molecule has 0 amide bonds. The van der Waals surface area contributed by atoms with Crippen LogP contribution < -0.4 is 0 Å². The normalized spacial score (nSPS) is 24.6. The highest BCUT2D eigenvalue weighted by Gasteiger charge is 2.64. The summed E-state index contributed by atoms with van der Waals surface area (Å²) in [6.45, 7) is 6.01. The Balaban J connectivity index is 2.73. The Morgan fingerprint density at radius 3 is 1.86 bits per heavy atom. The SMILES string of the molecule is COC1=C(OC)C(=O)C2(C1=O)C(OC)=C(C(C)C)CC[C@H]2C. The predicted molar refractivity (Wildman–Crippen MR) is 80.8 cm³/mol. The van der Waals surface area contributed by atoms with E-state index in [2.05, 4.69) is 0 Å². The van der Waals surface area contributed by atoms with Crippen molar-refractivity contribution < 1.29 is 23.8 Å². The average molecular weight is 308 g/mol. The van der Waals surface area contributed by atoms with Gasteiger partial charge in [-0.3, -0.25) is 9.59 Å². The summed E-state index contributed by atoms with van der Waals surface area (Å²) in [5, 5.41) is 0. The molecule has 0 saturated heterocycles. The number of rotatable bonds is 4. The van der Waals surface area contributed by atoms with Crippen LogP contribution in [-0.2, 0) is 23.8 Å². The summed E-state index contributed by atoms with van der Waals surface area (Å²) in [7, 11) is 4.28. The van der Waals surface area contributed by atoms with E-state index in [0.29, 0.717) is 5.76 Å². The summed E-state index contributed by atoms with van der Waals surface area (Å²) < 4.78 is 15.9. The van der Waals surface area contributed by atoms with Crippen LogP contribution in [0.2, 0.25) is 0 Å². The second-order valence-corrected chi connectivity index (χ2v) is 6.19. The highest BCUT2D eigenvalue weighted by Crippen LogP contribution is 2.54. The van der Waals surface area contributed by atoms with Gasteiger partial charge in [-0.25, -0.2) is 0 Å². The molecule has 0 aromatic carbocycles. The molecule has 5 nitrogen and oxygen atoms in total. The van der Waals surface area contributed by atoms with Gasteiger partial charge in [0, 0.05) is 0 Å². The van der Waals surface area contributed by atoms with Gasteiger partial charge in [-0.2, -0.15) is 0 Å². The van der Waals surface area contributed by atoms with Crippen molar-refractivity contribution in [1.82, 2.24) is 0 Å². The summed E-state index contributed by atoms with van der Waals surface area (Å²) in [5.41, 5.74) is -0.307. The fraction of sp³-hybridized carbons (Fsp3) is 0.647. The smallest absolute Gasteiger partial charge is 0.223 e. The van der Waals surface area contributed by atoms with Crippen LogP contribution >= 0.6 is 0 Å². The molecule has 1 atom stereocenters. The molecule has 0 radical (unpaired) electrons. The van der Waals surface area contributed by atoms with Gasteiger partial charge >= 0.3 is 0 Å². The zero-order valence-corrected chi connectivity index (χ0v) is 14.1. The highest BCUT2D eigenvalue weighted by atomic mass is 16.5. The first-order chi connectivity index (χ1) is 10.4. The largest absolute Gasteiger partial charge is 0.500 e. The number of carbonyl (C=O) groups excluding carboxylic acids is 2. The molecular weight excluding hydrogens is 284 g/mol. The summed E-state index contributed by atoms with van der Waals surface area (Å²) in [6, 6.07) is 0. The standard InChI is InChI=1S/C17H24O5/c1-9(2)11-8-7-10(3)17(16(11)22-6)14(18)12(20-4)13(21-5)15(17)19/h9-10H,7-8H2,1-6H3/t10-/m1/s1. The van der Waals surface area contributed by atoms with Crippen molar-refractivity contribution >= 4 is 11.6 Å². The molecule has 22 heavy (non-hydrogen) atoms. The summed E-state index contributed by atoms with van der Waals surface area (Å²) >= 11 is 0. The molecule has 0 bridgehead atoms. The van der Waals surface area contributed by atoms with Crippen molar-refractivity contribution in [2.24, 2.45) is 17.3 Å². The predicted octanol–water partition coefficient (Wildman–Crippen LogP) is 2.62. The minimum Gasteiger partial charge on any atom is -0.500 e. The average Bonchev–Trinajstić information content (AvgIpc) is 2.70. The lowest BCUT2D eigenvalue weighted by Crippen LogP contribution is -2.47. The van der Waals surface area contributed by atoms with Crippen LogP contribution in [0.5, 0.6) is 0 Å². The highest BCUT2D eigenvalue weighted by molar-refractivity contribution is 6.28. The maximum Gasteiger partial charge on any atom is 0.223 e. The van der Waals surface area contributed by atoms with E-state index in [1.165, 1.54) is 21.3 Å². The summed E-state index contributed by atoms with van der Waals surface area (Å²) in [5.74, 6) is -0.172. The fourth-order valence-corrected chi connectivity index (χ4v) is 3.71. The molecule has 0 aliphatic heterocycles. The number of carbonyl (C=O) groups is 2. The molecule has 2 aliphatic carbocycles. The maximum absolute atomic E-state index is 13.0. The second kappa shape index (κ2) is 5.78. The Labute approximate surface area is 131 Å². The third kappa shape index (κ3) is 1.91. The molecule has 0 unspecified atom stereocenters. The lowest BCUT2D eigenvalue weighted by Gasteiger charge is -2.40. The Bertz CT molecular complexity index is 542. The van der Waals surface area contributed by atoms with Crippen molar-refractivity contribution in [3.8, 4) is 0 Å². The zero-order chi connectivity index (χ0) is 16.7. The number of methoxy groups -OCH3 is 3. The zero-order valence-electron chi connectivity index (χ0n) is 14.1. The van der Waals surface area contributed by atoms with E-state index in [1.807, 2.05) is 20.8 Å². The van der Waals surface area contributed by atoms with Crippen LogP contribution in [0.1, 0.15) is 33.6 Å².